The first-order valence-electron chi connectivity index (χ1n) is 21.1. The monoisotopic (exact) mass is 792 g/mol. The molecule has 0 unspecified atom stereocenters. The summed E-state index contributed by atoms with van der Waals surface area (Å²) in [5, 5.41) is 9.30. The van der Waals surface area contributed by atoms with Crippen molar-refractivity contribution >= 4 is 93.5 Å². The number of hydrogen-bond donors (Lipinski definition) is 0. The Hall–Kier alpha value is -8.34. The third kappa shape index (κ3) is 5.33. The van der Waals surface area contributed by atoms with E-state index >= 15 is 0 Å². The largest absolute Gasteiger partial charge is 0.456 e. The lowest BCUT2D eigenvalue weighted by Crippen LogP contribution is -2.12. The molecule has 0 atom stereocenters. The van der Waals surface area contributed by atoms with Gasteiger partial charge in [-0.05, 0) is 112 Å². The van der Waals surface area contributed by atoms with Crippen molar-refractivity contribution < 1.29 is 8.83 Å². The SMILES string of the molecule is c1cc(N(c2ccc(-c3ccc4c(c3)oc3ccccc34)cc2)c2ccccc2-c2cccc3oc4cc5ccccc5cc4c23)cc(-n2c3ccccc3c3ccccc32)c1. The van der Waals surface area contributed by atoms with E-state index in [-0.39, 0.29) is 0 Å². The van der Waals surface area contributed by atoms with Gasteiger partial charge in [-0.25, -0.2) is 0 Å². The Bertz CT molecular complexity index is 3830. The van der Waals surface area contributed by atoms with Gasteiger partial charge in [-0.2, -0.15) is 0 Å². The van der Waals surface area contributed by atoms with Crippen LogP contribution in [0.4, 0.5) is 17.1 Å². The van der Waals surface area contributed by atoms with E-state index in [0.717, 1.165) is 94.3 Å². The molecule has 0 N–H and O–H groups in total. The average molecular weight is 793 g/mol. The number of nitrogens with zero attached hydrogens (tertiary/aromatic N) is 2. The molecule has 13 aromatic rings. The molecule has 0 radical (unpaired) electrons. The first kappa shape index (κ1) is 34.5. The zero-order valence-electron chi connectivity index (χ0n) is 33.5. The number of para-hydroxylation sites is 4. The lowest BCUT2D eigenvalue weighted by Gasteiger charge is -2.29. The third-order valence-electron chi connectivity index (χ3n) is 12.6. The number of fused-ring (bicyclic) bond motifs is 10. The van der Waals surface area contributed by atoms with Gasteiger partial charge in [-0.3, -0.25) is 0 Å². The maximum absolute atomic E-state index is 6.60. The number of hydrogen-bond acceptors (Lipinski definition) is 3. The molecular formula is C58H36N2O2. The Labute approximate surface area is 356 Å². The van der Waals surface area contributed by atoms with Crippen LogP contribution in [0.15, 0.2) is 227 Å². The Morgan fingerprint density at radius 2 is 0.935 bits per heavy atom. The lowest BCUT2D eigenvalue weighted by atomic mass is 9.96. The second-order valence-electron chi connectivity index (χ2n) is 16.1. The van der Waals surface area contributed by atoms with Crippen LogP contribution in [0, 0.1) is 0 Å². The van der Waals surface area contributed by atoms with Gasteiger partial charge in [-0.1, -0.05) is 133 Å². The van der Waals surface area contributed by atoms with Crippen molar-refractivity contribution in [2.45, 2.75) is 0 Å². The maximum atomic E-state index is 6.60. The molecule has 0 saturated carbocycles. The van der Waals surface area contributed by atoms with Crippen molar-refractivity contribution in [3.63, 3.8) is 0 Å². The highest BCUT2D eigenvalue weighted by atomic mass is 16.3. The van der Waals surface area contributed by atoms with Crippen molar-refractivity contribution in [2.24, 2.45) is 0 Å². The molecule has 3 heterocycles. The van der Waals surface area contributed by atoms with Crippen LogP contribution in [0.25, 0.3) is 104 Å². The number of rotatable bonds is 6. The fraction of sp³-hybridized carbons (Fsp3) is 0. The Kier molecular flexibility index (Phi) is 7.57. The summed E-state index contributed by atoms with van der Waals surface area (Å²) in [4.78, 5) is 2.40. The molecule has 0 fully saturated rings. The Morgan fingerprint density at radius 1 is 0.339 bits per heavy atom. The van der Waals surface area contributed by atoms with Crippen LogP contribution in [0.5, 0.6) is 0 Å². The molecule has 62 heavy (non-hydrogen) atoms. The summed E-state index contributed by atoms with van der Waals surface area (Å²) in [6.45, 7) is 0. The molecule has 0 aliphatic carbocycles. The molecule has 3 aromatic heterocycles. The van der Waals surface area contributed by atoms with Crippen molar-refractivity contribution in [3.05, 3.63) is 218 Å². The van der Waals surface area contributed by atoms with Gasteiger partial charge < -0.3 is 18.3 Å². The summed E-state index contributed by atoms with van der Waals surface area (Å²) in [5.74, 6) is 0. The van der Waals surface area contributed by atoms with Gasteiger partial charge in [0.15, 0.2) is 0 Å². The van der Waals surface area contributed by atoms with Crippen LogP contribution in [0.2, 0.25) is 0 Å². The molecule has 13 rings (SSSR count). The van der Waals surface area contributed by atoms with Gasteiger partial charge in [0.25, 0.3) is 0 Å². The van der Waals surface area contributed by atoms with Crippen LogP contribution >= 0.6 is 0 Å². The van der Waals surface area contributed by atoms with Gasteiger partial charge in [0.05, 0.1) is 16.7 Å². The molecule has 0 aliphatic heterocycles. The Balaban J connectivity index is 1.01. The summed E-state index contributed by atoms with van der Waals surface area (Å²) in [6, 6.07) is 78.1. The van der Waals surface area contributed by atoms with E-state index in [1.807, 2.05) is 12.1 Å². The molecule has 0 saturated heterocycles. The topological polar surface area (TPSA) is 34.5 Å². The summed E-state index contributed by atoms with van der Waals surface area (Å²) in [5.41, 5.74) is 14.6. The highest BCUT2D eigenvalue weighted by Crippen LogP contribution is 2.46. The van der Waals surface area contributed by atoms with Crippen molar-refractivity contribution in [1.29, 1.82) is 0 Å². The maximum Gasteiger partial charge on any atom is 0.136 e. The van der Waals surface area contributed by atoms with E-state index in [0.29, 0.717) is 0 Å². The van der Waals surface area contributed by atoms with E-state index in [1.165, 1.54) is 27.2 Å². The fourth-order valence-electron chi connectivity index (χ4n) is 9.74. The average Bonchev–Trinajstić information content (AvgIpc) is 4.00. The molecule has 4 heteroatoms. The lowest BCUT2D eigenvalue weighted by molar-refractivity contribution is 0.669. The van der Waals surface area contributed by atoms with E-state index in [2.05, 4.69) is 216 Å². The van der Waals surface area contributed by atoms with Crippen LogP contribution < -0.4 is 4.90 Å². The molecule has 290 valence electrons. The summed E-state index contributed by atoms with van der Waals surface area (Å²) in [7, 11) is 0. The molecule has 0 bridgehead atoms. The summed E-state index contributed by atoms with van der Waals surface area (Å²) >= 11 is 0. The smallest absolute Gasteiger partial charge is 0.136 e. The van der Waals surface area contributed by atoms with Gasteiger partial charge in [0.1, 0.15) is 22.3 Å². The van der Waals surface area contributed by atoms with Gasteiger partial charge >= 0.3 is 0 Å². The van der Waals surface area contributed by atoms with Crippen molar-refractivity contribution in [2.75, 3.05) is 4.90 Å². The predicted octanol–water partition coefficient (Wildman–Crippen LogP) is 16.5. The minimum Gasteiger partial charge on any atom is -0.456 e. The van der Waals surface area contributed by atoms with Crippen molar-refractivity contribution in [3.8, 4) is 27.9 Å². The van der Waals surface area contributed by atoms with E-state index in [4.69, 9.17) is 8.83 Å². The minimum atomic E-state index is 0.869. The second-order valence-corrected chi connectivity index (χ2v) is 16.1. The highest BCUT2D eigenvalue weighted by molar-refractivity contribution is 6.17. The van der Waals surface area contributed by atoms with Crippen LogP contribution in [-0.2, 0) is 0 Å². The molecule has 4 nitrogen and oxygen atoms in total. The summed E-state index contributed by atoms with van der Waals surface area (Å²) < 4.78 is 15.3. The molecule has 0 spiro atoms. The van der Waals surface area contributed by atoms with Crippen LogP contribution in [0.3, 0.4) is 0 Å². The van der Waals surface area contributed by atoms with Gasteiger partial charge in [0, 0.05) is 54.9 Å². The van der Waals surface area contributed by atoms with E-state index in [1.54, 1.807) is 0 Å². The Morgan fingerprint density at radius 3 is 1.76 bits per heavy atom. The quantitative estimate of drug-likeness (QED) is 0.168. The number of benzene rings is 10. The molecule has 0 aliphatic rings. The summed E-state index contributed by atoms with van der Waals surface area (Å²) in [6.07, 6.45) is 0. The first-order chi connectivity index (χ1) is 30.7. The predicted molar refractivity (Wildman–Crippen MR) is 258 cm³/mol. The molecule has 10 aromatic carbocycles. The van der Waals surface area contributed by atoms with E-state index < -0.39 is 0 Å². The van der Waals surface area contributed by atoms with Gasteiger partial charge in [-0.15, -0.1) is 0 Å². The zero-order chi connectivity index (χ0) is 40.7. The normalized spacial score (nSPS) is 11.9. The number of aromatic nitrogens is 1. The standard InChI is InChI=1S/C58H36N2O2/c1-2-14-39-34-57-50(33-38(39)13-1)58-49(21-12-26-55(58)62-57)46-19-5-7-22-51(46)59(41-30-27-37(28-31-41)40-29-32-48-47-20-6-10-25-54(47)61-56(48)35-40)42-15-11-16-43(36-42)60-52-23-8-3-17-44(52)45-18-4-9-24-53(45)60/h1-36H. The second kappa shape index (κ2) is 13.6. The van der Waals surface area contributed by atoms with Crippen LogP contribution in [0.1, 0.15) is 0 Å². The van der Waals surface area contributed by atoms with E-state index in [9.17, 15) is 0 Å². The fourth-order valence-corrected chi connectivity index (χ4v) is 9.74. The number of anilines is 3. The zero-order valence-corrected chi connectivity index (χ0v) is 33.5. The minimum absolute atomic E-state index is 0.869. The van der Waals surface area contributed by atoms with Crippen LogP contribution in [-0.4, -0.2) is 4.57 Å². The van der Waals surface area contributed by atoms with Gasteiger partial charge in [0.2, 0.25) is 0 Å². The first-order valence-corrected chi connectivity index (χ1v) is 21.1. The molecule has 0 amide bonds. The third-order valence-corrected chi connectivity index (χ3v) is 12.6. The number of furan rings is 2. The van der Waals surface area contributed by atoms with Crippen molar-refractivity contribution in [1.82, 2.24) is 4.57 Å². The highest BCUT2D eigenvalue weighted by Gasteiger charge is 2.22. The molecular weight excluding hydrogens is 757 g/mol.